The van der Waals surface area contributed by atoms with Gasteiger partial charge in [0.1, 0.15) is 5.76 Å². The molecule has 0 aliphatic carbocycles. The molecule has 4 heteroatoms. The molecule has 2 atom stereocenters. The topological polar surface area (TPSA) is 54.6 Å². The molecule has 2 aromatic rings. The smallest absolute Gasteiger partial charge is 0.176 e. The van der Waals surface area contributed by atoms with Crippen molar-refractivity contribution >= 4 is 11.0 Å². The third-order valence-corrected chi connectivity index (χ3v) is 3.30. The lowest BCUT2D eigenvalue weighted by Gasteiger charge is -2.14. The summed E-state index contributed by atoms with van der Waals surface area (Å²) < 4.78 is 11.1. The van der Waals surface area contributed by atoms with Crippen molar-refractivity contribution in [3.63, 3.8) is 0 Å². The standard InChI is InChI=1S/C15H21NO3/c1-4-12(17)9-16-10(2)14-8-11-6-5-7-13(18-3)15(11)19-14/h5-8,10,12,16-17H,4,9H2,1-3H3. The van der Waals surface area contributed by atoms with Crippen molar-refractivity contribution in [1.29, 1.82) is 0 Å². The van der Waals surface area contributed by atoms with Gasteiger partial charge >= 0.3 is 0 Å². The summed E-state index contributed by atoms with van der Waals surface area (Å²) in [5, 5.41) is 13.9. The van der Waals surface area contributed by atoms with Crippen LogP contribution in [0.2, 0.25) is 0 Å². The molecule has 1 aromatic carbocycles. The minimum atomic E-state index is -0.318. The first-order valence-corrected chi connectivity index (χ1v) is 6.63. The minimum Gasteiger partial charge on any atom is -0.493 e. The third-order valence-electron chi connectivity index (χ3n) is 3.30. The highest BCUT2D eigenvalue weighted by Crippen LogP contribution is 2.30. The van der Waals surface area contributed by atoms with E-state index in [1.165, 1.54) is 0 Å². The normalized spacial score (nSPS) is 14.5. The fourth-order valence-electron chi connectivity index (χ4n) is 1.99. The second kappa shape index (κ2) is 6.08. The zero-order valence-electron chi connectivity index (χ0n) is 11.6. The van der Waals surface area contributed by atoms with Gasteiger partial charge in [-0.25, -0.2) is 0 Å². The van der Waals surface area contributed by atoms with Crippen LogP contribution in [-0.4, -0.2) is 24.9 Å². The zero-order chi connectivity index (χ0) is 13.8. The average Bonchev–Trinajstić information content (AvgIpc) is 2.88. The Bertz CT molecular complexity index is 535. The van der Waals surface area contributed by atoms with Crippen molar-refractivity contribution < 1.29 is 14.3 Å². The van der Waals surface area contributed by atoms with Crippen molar-refractivity contribution in [3.8, 4) is 5.75 Å². The van der Waals surface area contributed by atoms with Gasteiger partial charge in [0.2, 0.25) is 0 Å². The highest BCUT2D eigenvalue weighted by molar-refractivity contribution is 5.83. The Morgan fingerprint density at radius 3 is 2.89 bits per heavy atom. The molecule has 2 unspecified atom stereocenters. The molecule has 4 nitrogen and oxygen atoms in total. The molecule has 104 valence electrons. The van der Waals surface area contributed by atoms with E-state index in [1.54, 1.807) is 7.11 Å². The monoisotopic (exact) mass is 263 g/mol. The van der Waals surface area contributed by atoms with E-state index in [-0.39, 0.29) is 12.1 Å². The molecule has 0 saturated carbocycles. The number of furan rings is 1. The number of fused-ring (bicyclic) bond motifs is 1. The summed E-state index contributed by atoms with van der Waals surface area (Å²) in [5.74, 6) is 1.59. The van der Waals surface area contributed by atoms with E-state index in [0.717, 1.165) is 28.9 Å². The van der Waals surface area contributed by atoms with Crippen molar-refractivity contribution in [2.45, 2.75) is 32.4 Å². The number of hydrogen-bond donors (Lipinski definition) is 2. The largest absolute Gasteiger partial charge is 0.493 e. The first-order chi connectivity index (χ1) is 9.15. The predicted molar refractivity (Wildman–Crippen MR) is 75.5 cm³/mol. The molecular weight excluding hydrogens is 242 g/mol. The Labute approximate surface area is 113 Å². The maximum atomic E-state index is 9.56. The summed E-state index contributed by atoms with van der Waals surface area (Å²) in [5.41, 5.74) is 0.768. The van der Waals surface area contributed by atoms with Crippen molar-refractivity contribution in [1.82, 2.24) is 5.32 Å². The summed E-state index contributed by atoms with van der Waals surface area (Å²) in [4.78, 5) is 0. The second-order valence-electron chi connectivity index (χ2n) is 4.72. The number of ether oxygens (including phenoxy) is 1. The Kier molecular flexibility index (Phi) is 4.45. The maximum Gasteiger partial charge on any atom is 0.176 e. The van der Waals surface area contributed by atoms with Gasteiger partial charge in [-0.05, 0) is 25.5 Å². The first-order valence-electron chi connectivity index (χ1n) is 6.63. The Morgan fingerprint density at radius 2 is 2.21 bits per heavy atom. The number of methoxy groups -OCH3 is 1. The van der Waals surface area contributed by atoms with Crippen LogP contribution >= 0.6 is 0 Å². The summed E-state index contributed by atoms with van der Waals surface area (Å²) in [6, 6.07) is 7.89. The minimum absolute atomic E-state index is 0.0540. The molecule has 0 aliphatic heterocycles. The van der Waals surface area contributed by atoms with Crippen LogP contribution in [0.1, 0.15) is 32.1 Å². The molecule has 1 heterocycles. The maximum absolute atomic E-state index is 9.56. The molecule has 2 N–H and O–H groups in total. The first kappa shape index (κ1) is 13.9. The van der Waals surface area contributed by atoms with Gasteiger partial charge in [0, 0.05) is 11.9 Å². The molecule has 0 spiro atoms. The molecule has 0 bridgehead atoms. The second-order valence-corrected chi connectivity index (χ2v) is 4.72. The van der Waals surface area contributed by atoms with Crippen LogP contribution in [0.25, 0.3) is 11.0 Å². The summed E-state index contributed by atoms with van der Waals surface area (Å²) in [6.07, 6.45) is 0.426. The van der Waals surface area contributed by atoms with Crippen LogP contribution < -0.4 is 10.1 Å². The van der Waals surface area contributed by atoms with Crippen LogP contribution in [0.15, 0.2) is 28.7 Å². The Hall–Kier alpha value is -1.52. The van der Waals surface area contributed by atoms with E-state index >= 15 is 0 Å². The van der Waals surface area contributed by atoms with Crippen LogP contribution in [0.5, 0.6) is 5.75 Å². The number of benzene rings is 1. The van der Waals surface area contributed by atoms with Crippen molar-refractivity contribution in [3.05, 3.63) is 30.0 Å². The number of para-hydroxylation sites is 1. The van der Waals surface area contributed by atoms with Gasteiger partial charge in [0.05, 0.1) is 19.3 Å². The van der Waals surface area contributed by atoms with Gasteiger partial charge in [-0.2, -0.15) is 0 Å². The van der Waals surface area contributed by atoms with Gasteiger partial charge < -0.3 is 19.6 Å². The quantitative estimate of drug-likeness (QED) is 0.841. The molecule has 0 radical (unpaired) electrons. The third kappa shape index (κ3) is 3.08. The Morgan fingerprint density at radius 1 is 1.42 bits per heavy atom. The van der Waals surface area contributed by atoms with E-state index in [0.29, 0.717) is 6.54 Å². The summed E-state index contributed by atoms with van der Waals surface area (Å²) in [6.45, 7) is 4.54. The van der Waals surface area contributed by atoms with Crippen molar-refractivity contribution in [2.75, 3.05) is 13.7 Å². The molecule has 0 fully saturated rings. The molecule has 0 aliphatic rings. The van der Waals surface area contributed by atoms with E-state index in [4.69, 9.17) is 9.15 Å². The van der Waals surface area contributed by atoms with Crippen LogP contribution in [0, 0.1) is 0 Å². The molecule has 1 aromatic heterocycles. The summed E-state index contributed by atoms with van der Waals surface area (Å²) in [7, 11) is 1.64. The number of hydrogen-bond acceptors (Lipinski definition) is 4. The molecular formula is C15H21NO3. The van der Waals surface area contributed by atoms with Gasteiger partial charge in [-0.1, -0.05) is 19.1 Å². The molecule has 0 saturated heterocycles. The number of aliphatic hydroxyl groups excluding tert-OH is 1. The van der Waals surface area contributed by atoms with E-state index < -0.39 is 0 Å². The fraction of sp³-hybridized carbons (Fsp3) is 0.467. The Balaban J connectivity index is 2.16. The van der Waals surface area contributed by atoms with Crippen LogP contribution in [0.3, 0.4) is 0 Å². The molecule has 2 rings (SSSR count). The SMILES string of the molecule is CCC(O)CNC(C)c1cc2cccc(OC)c2o1. The average molecular weight is 263 g/mol. The van der Waals surface area contributed by atoms with Crippen LogP contribution in [-0.2, 0) is 0 Å². The predicted octanol–water partition coefficient (Wildman–Crippen LogP) is 2.86. The number of aliphatic hydroxyl groups is 1. The fourth-order valence-corrected chi connectivity index (χ4v) is 1.99. The van der Waals surface area contributed by atoms with E-state index in [9.17, 15) is 5.11 Å². The molecule has 19 heavy (non-hydrogen) atoms. The van der Waals surface area contributed by atoms with E-state index in [1.807, 2.05) is 38.1 Å². The van der Waals surface area contributed by atoms with Gasteiger partial charge in [0.15, 0.2) is 11.3 Å². The highest BCUT2D eigenvalue weighted by Gasteiger charge is 2.14. The van der Waals surface area contributed by atoms with Crippen LogP contribution in [0.4, 0.5) is 0 Å². The lowest BCUT2D eigenvalue weighted by molar-refractivity contribution is 0.162. The lowest BCUT2D eigenvalue weighted by Crippen LogP contribution is -2.28. The lowest BCUT2D eigenvalue weighted by atomic mass is 10.2. The highest BCUT2D eigenvalue weighted by atomic mass is 16.5. The van der Waals surface area contributed by atoms with Gasteiger partial charge in [-0.15, -0.1) is 0 Å². The van der Waals surface area contributed by atoms with Gasteiger partial charge in [0.25, 0.3) is 0 Å². The number of rotatable bonds is 6. The van der Waals surface area contributed by atoms with Gasteiger partial charge in [-0.3, -0.25) is 0 Å². The molecule has 0 amide bonds. The van der Waals surface area contributed by atoms with E-state index in [2.05, 4.69) is 5.32 Å². The van der Waals surface area contributed by atoms with Crippen molar-refractivity contribution in [2.24, 2.45) is 0 Å². The summed E-state index contributed by atoms with van der Waals surface area (Å²) >= 11 is 0. The number of nitrogens with one attached hydrogen (secondary N) is 1. The zero-order valence-corrected chi connectivity index (χ0v) is 11.6.